The van der Waals surface area contributed by atoms with E-state index in [1.165, 1.54) is 23.4 Å². The second kappa shape index (κ2) is 13.6. The van der Waals surface area contributed by atoms with Gasteiger partial charge in [0, 0.05) is 55.1 Å². The van der Waals surface area contributed by atoms with Crippen molar-refractivity contribution in [3.63, 3.8) is 0 Å². The molecule has 5 nitrogen and oxygen atoms in total. The number of aryl methyl sites for hydroxylation is 1. The van der Waals surface area contributed by atoms with Crippen LogP contribution in [0.3, 0.4) is 0 Å². The molecular formula is C33H39F2N3O2. The Kier molecular flexibility index (Phi) is 9.91. The number of halogens is 2. The fourth-order valence-corrected chi connectivity index (χ4v) is 5.53. The largest absolute Gasteiger partial charge is 0.371 e. The third kappa shape index (κ3) is 7.46. The highest BCUT2D eigenvalue weighted by Crippen LogP contribution is 2.28. The number of anilines is 1. The summed E-state index contributed by atoms with van der Waals surface area (Å²) in [6.07, 6.45) is 3.56. The smallest absolute Gasteiger partial charge is 0.253 e. The molecule has 0 spiro atoms. The van der Waals surface area contributed by atoms with Gasteiger partial charge in [-0.3, -0.25) is 9.59 Å². The van der Waals surface area contributed by atoms with Crippen molar-refractivity contribution in [3.8, 4) is 0 Å². The number of carbonyl (C=O) groups excluding carboxylic acids is 2. The van der Waals surface area contributed by atoms with Gasteiger partial charge in [0.2, 0.25) is 0 Å². The van der Waals surface area contributed by atoms with Crippen LogP contribution in [0.25, 0.3) is 0 Å². The van der Waals surface area contributed by atoms with E-state index in [0.717, 1.165) is 37.4 Å². The van der Waals surface area contributed by atoms with Gasteiger partial charge < -0.3 is 15.1 Å². The van der Waals surface area contributed by atoms with Gasteiger partial charge in [0.25, 0.3) is 11.8 Å². The summed E-state index contributed by atoms with van der Waals surface area (Å²) in [7, 11) is 0. The summed E-state index contributed by atoms with van der Waals surface area (Å²) in [6.45, 7) is 8.86. The van der Waals surface area contributed by atoms with Crippen LogP contribution in [0.1, 0.15) is 70.5 Å². The SMILES string of the molecule is CCCN(CCC)C(=O)c1cc(C)cc(C(=O)N[C@H](CCN2CCc3ccccc32)Cc2cc(F)cc(F)c2)c1. The first-order valence-corrected chi connectivity index (χ1v) is 14.3. The Morgan fingerprint density at radius 2 is 1.62 bits per heavy atom. The number of benzene rings is 3. The summed E-state index contributed by atoms with van der Waals surface area (Å²) >= 11 is 0. The minimum absolute atomic E-state index is 0.0825. The van der Waals surface area contributed by atoms with Crippen LogP contribution >= 0.6 is 0 Å². The number of rotatable bonds is 12. The zero-order chi connectivity index (χ0) is 28.6. The third-order valence-corrected chi connectivity index (χ3v) is 7.33. The zero-order valence-electron chi connectivity index (χ0n) is 23.7. The maximum absolute atomic E-state index is 14.0. The van der Waals surface area contributed by atoms with Crippen molar-refractivity contribution in [2.24, 2.45) is 0 Å². The predicted molar refractivity (Wildman–Crippen MR) is 156 cm³/mol. The minimum Gasteiger partial charge on any atom is -0.371 e. The number of fused-ring (bicyclic) bond motifs is 1. The van der Waals surface area contributed by atoms with Crippen LogP contribution in [0.5, 0.6) is 0 Å². The number of para-hydroxylation sites is 1. The predicted octanol–water partition coefficient (Wildman–Crippen LogP) is 6.33. The zero-order valence-corrected chi connectivity index (χ0v) is 23.7. The molecule has 1 heterocycles. The first-order chi connectivity index (χ1) is 19.3. The van der Waals surface area contributed by atoms with Crippen LogP contribution in [-0.4, -0.2) is 48.9 Å². The van der Waals surface area contributed by atoms with E-state index in [2.05, 4.69) is 22.3 Å². The summed E-state index contributed by atoms with van der Waals surface area (Å²) in [6, 6.07) is 16.6. The molecule has 0 aromatic heterocycles. The first-order valence-electron chi connectivity index (χ1n) is 14.3. The van der Waals surface area contributed by atoms with Crippen LogP contribution in [0.2, 0.25) is 0 Å². The molecule has 4 rings (SSSR count). The minimum atomic E-state index is -0.640. The van der Waals surface area contributed by atoms with Gasteiger partial charge in [-0.2, -0.15) is 0 Å². The summed E-state index contributed by atoms with van der Waals surface area (Å²) in [5.41, 5.74) is 4.69. The third-order valence-electron chi connectivity index (χ3n) is 7.33. The van der Waals surface area contributed by atoms with E-state index in [0.29, 0.717) is 42.7 Å². The van der Waals surface area contributed by atoms with Crippen LogP contribution in [0, 0.1) is 18.6 Å². The molecule has 212 valence electrons. The second-order valence-electron chi connectivity index (χ2n) is 10.7. The summed E-state index contributed by atoms with van der Waals surface area (Å²) in [4.78, 5) is 30.9. The lowest BCUT2D eigenvalue weighted by Crippen LogP contribution is -2.39. The normalized spacial score (nSPS) is 13.2. The molecule has 0 aliphatic carbocycles. The second-order valence-corrected chi connectivity index (χ2v) is 10.7. The topological polar surface area (TPSA) is 52.7 Å². The highest BCUT2D eigenvalue weighted by Gasteiger charge is 2.23. The van der Waals surface area contributed by atoms with E-state index in [1.807, 2.05) is 43.9 Å². The van der Waals surface area contributed by atoms with Gasteiger partial charge in [0.1, 0.15) is 11.6 Å². The van der Waals surface area contributed by atoms with Gasteiger partial charge in [0.05, 0.1) is 0 Å². The van der Waals surface area contributed by atoms with Crippen molar-refractivity contribution in [3.05, 3.63) is 100 Å². The van der Waals surface area contributed by atoms with Crippen molar-refractivity contribution in [1.82, 2.24) is 10.2 Å². The Hall–Kier alpha value is -3.74. The van der Waals surface area contributed by atoms with Crippen molar-refractivity contribution in [2.75, 3.05) is 31.1 Å². The van der Waals surface area contributed by atoms with E-state index < -0.39 is 11.6 Å². The van der Waals surface area contributed by atoms with Gasteiger partial charge in [0.15, 0.2) is 0 Å². The van der Waals surface area contributed by atoms with Crippen LogP contribution in [0.15, 0.2) is 60.7 Å². The van der Waals surface area contributed by atoms with Crippen molar-refractivity contribution >= 4 is 17.5 Å². The number of hydrogen-bond donors (Lipinski definition) is 1. The van der Waals surface area contributed by atoms with Crippen molar-refractivity contribution in [1.29, 1.82) is 0 Å². The molecule has 0 fully saturated rings. The maximum atomic E-state index is 14.0. The summed E-state index contributed by atoms with van der Waals surface area (Å²) < 4.78 is 27.9. The Morgan fingerprint density at radius 1 is 0.950 bits per heavy atom. The summed E-state index contributed by atoms with van der Waals surface area (Å²) in [5, 5.41) is 3.11. The average molecular weight is 548 g/mol. The molecule has 0 saturated heterocycles. The van der Waals surface area contributed by atoms with Gasteiger partial charge >= 0.3 is 0 Å². The molecule has 0 bridgehead atoms. The first kappa shape index (κ1) is 29.2. The lowest BCUT2D eigenvalue weighted by molar-refractivity contribution is 0.0755. The maximum Gasteiger partial charge on any atom is 0.253 e. The molecule has 0 radical (unpaired) electrons. The monoisotopic (exact) mass is 547 g/mol. The number of nitrogens with one attached hydrogen (secondary N) is 1. The fourth-order valence-electron chi connectivity index (χ4n) is 5.53. The highest BCUT2D eigenvalue weighted by molar-refractivity contribution is 6.00. The Bertz CT molecular complexity index is 1320. The Balaban J connectivity index is 1.54. The van der Waals surface area contributed by atoms with E-state index in [-0.39, 0.29) is 24.3 Å². The molecule has 0 unspecified atom stereocenters. The molecular weight excluding hydrogens is 508 g/mol. The Morgan fingerprint density at radius 3 is 2.33 bits per heavy atom. The molecule has 40 heavy (non-hydrogen) atoms. The molecule has 3 aromatic carbocycles. The van der Waals surface area contributed by atoms with Crippen LogP contribution in [-0.2, 0) is 12.8 Å². The van der Waals surface area contributed by atoms with E-state index in [4.69, 9.17) is 0 Å². The van der Waals surface area contributed by atoms with Crippen molar-refractivity contribution < 1.29 is 18.4 Å². The van der Waals surface area contributed by atoms with Crippen LogP contribution < -0.4 is 10.2 Å². The summed E-state index contributed by atoms with van der Waals surface area (Å²) in [5.74, 6) is -1.67. The lowest BCUT2D eigenvalue weighted by atomic mass is 10.0. The number of hydrogen-bond acceptors (Lipinski definition) is 3. The van der Waals surface area contributed by atoms with E-state index in [1.54, 1.807) is 12.1 Å². The molecule has 3 aromatic rings. The molecule has 1 aliphatic rings. The van der Waals surface area contributed by atoms with Gasteiger partial charge in [-0.05, 0) is 92.1 Å². The molecule has 1 N–H and O–H groups in total. The lowest BCUT2D eigenvalue weighted by Gasteiger charge is -2.25. The molecule has 1 atom stereocenters. The number of nitrogens with zero attached hydrogens (tertiary/aromatic N) is 2. The van der Waals surface area contributed by atoms with Crippen LogP contribution in [0.4, 0.5) is 14.5 Å². The van der Waals surface area contributed by atoms with Crippen molar-refractivity contribution in [2.45, 2.75) is 58.9 Å². The van der Waals surface area contributed by atoms with E-state index >= 15 is 0 Å². The standard InChI is InChI=1S/C33H39F2N3O2/c1-4-12-38(13-5-2)33(40)27-17-23(3)16-26(21-27)32(39)36-30(20-24-18-28(34)22-29(35)19-24)11-15-37-14-10-25-8-6-7-9-31(25)37/h6-9,16-19,21-22,30H,4-5,10-15,20H2,1-3H3,(H,36,39)/t30-/m1/s1. The van der Waals surface area contributed by atoms with Gasteiger partial charge in [-0.15, -0.1) is 0 Å². The molecule has 7 heteroatoms. The number of carbonyl (C=O) groups is 2. The van der Waals surface area contributed by atoms with Gasteiger partial charge in [-0.25, -0.2) is 8.78 Å². The number of amides is 2. The average Bonchev–Trinajstić information content (AvgIpc) is 3.33. The Labute approximate surface area is 236 Å². The molecule has 2 amide bonds. The van der Waals surface area contributed by atoms with E-state index in [9.17, 15) is 18.4 Å². The van der Waals surface area contributed by atoms with Gasteiger partial charge in [-0.1, -0.05) is 32.0 Å². The molecule has 0 saturated carbocycles. The quantitative estimate of drug-likeness (QED) is 0.288. The fraction of sp³-hybridized carbons (Fsp3) is 0.394. The molecule has 1 aliphatic heterocycles. The highest BCUT2D eigenvalue weighted by atomic mass is 19.1.